The topological polar surface area (TPSA) is 85.5 Å². The summed E-state index contributed by atoms with van der Waals surface area (Å²) >= 11 is 1.25. The van der Waals surface area contributed by atoms with E-state index in [1.54, 1.807) is 26.0 Å². The number of carbonyl (C=O) groups excluding carboxylic acids is 2. The largest absolute Gasteiger partial charge is 0.462 e. The third-order valence-corrected chi connectivity index (χ3v) is 6.55. The molecule has 2 heterocycles. The summed E-state index contributed by atoms with van der Waals surface area (Å²) in [4.78, 5) is 33.9. The van der Waals surface area contributed by atoms with Gasteiger partial charge in [-0.25, -0.2) is 9.78 Å². The number of hydrogen-bond donors (Lipinski definition) is 1. The molecule has 0 amide bonds. The maximum absolute atomic E-state index is 13.2. The summed E-state index contributed by atoms with van der Waals surface area (Å²) < 4.78 is 5.35. The number of carbonyl (C=O) groups is 2. The van der Waals surface area contributed by atoms with Crippen molar-refractivity contribution in [2.45, 2.75) is 13.8 Å². The first kappa shape index (κ1) is 22.5. The first-order chi connectivity index (χ1) is 15.8. The van der Waals surface area contributed by atoms with Crippen LogP contribution in [0.3, 0.4) is 0 Å². The molecule has 0 atom stereocenters. The van der Waals surface area contributed by atoms with E-state index in [4.69, 9.17) is 10.5 Å². The number of nitrogens with zero attached hydrogens (tertiary/aromatic N) is 2. The number of pyridine rings is 1. The molecule has 0 unspecified atom stereocenters. The lowest BCUT2D eigenvalue weighted by atomic mass is 9.94. The molecule has 0 saturated carbocycles. The summed E-state index contributed by atoms with van der Waals surface area (Å²) in [7, 11) is 3.93. The van der Waals surface area contributed by atoms with Gasteiger partial charge in [0, 0.05) is 36.3 Å². The van der Waals surface area contributed by atoms with Gasteiger partial charge in [0.25, 0.3) is 0 Å². The first-order valence-electron chi connectivity index (χ1n) is 10.6. The van der Waals surface area contributed by atoms with Crippen LogP contribution < -0.4 is 10.6 Å². The molecule has 0 spiro atoms. The lowest BCUT2D eigenvalue weighted by molar-refractivity contribution is 0.0526. The average Bonchev–Trinajstić information content (AvgIpc) is 3.14. The normalized spacial score (nSPS) is 10.9. The zero-order valence-electron chi connectivity index (χ0n) is 19.0. The average molecular weight is 460 g/mol. The Morgan fingerprint density at radius 1 is 1.06 bits per heavy atom. The lowest BCUT2D eigenvalue weighted by Crippen LogP contribution is -2.11. The van der Waals surface area contributed by atoms with Gasteiger partial charge in [0.15, 0.2) is 0 Å². The van der Waals surface area contributed by atoms with E-state index in [2.05, 4.69) is 4.98 Å². The van der Waals surface area contributed by atoms with Gasteiger partial charge in [0.2, 0.25) is 5.78 Å². The summed E-state index contributed by atoms with van der Waals surface area (Å²) in [5.41, 5.74) is 10.8. The van der Waals surface area contributed by atoms with Crippen molar-refractivity contribution in [2.75, 3.05) is 31.3 Å². The van der Waals surface area contributed by atoms with Crippen LogP contribution in [0.4, 0.5) is 11.4 Å². The molecule has 0 bridgehead atoms. The maximum Gasteiger partial charge on any atom is 0.340 e. The highest BCUT2D eigenvalue weighted by Gasteiger charge is 2.27. The molecule has 33 heavy (non-hydrogen) atoms. The molecule has 2 N–H and O–H groups in total. The minimum absolute atomic E-state index is 0.166. The molecule has 0 aliphatic heterocycles. The van der Waals surface area contributed by atoms with Gasteiger partial charge in [-0.1, -0.05) is 42.5 Å². The highest BCUT2D eigenvalue weighted by atomic mass is 32.1. The predicted molar refractivity (Wildman–Crippen MR) is 134 cm³/mol. The van der Waals surface area contributed by atoms with Crippen molar-refractivity contribution < 1.29 is 14.3 Å². The van der Waals surface area contributed by atoms with E-state index in [0.29, 0.717) is 43.2 Å². The van der Waals surface area contributed by atoms with Gasteiger partial charge in [-0.15, -0.1) is 11.3 Å². The third kappa shape index (κ3) is 4.07. The quantitative estimate of drug-likeness (QED) is 0.310. The van der Waals surface area contributed by atoms with E-state index >= 15 is 0 Å². The van der Waals surface area contributed by atoms with Crippen molar-refractivity contribution in [1.29, 1.82) is 0 Å². The predicted octanol–water partition coefficient (Wildman–Crippen LogP) is 5.33. The molecule has 0 aliphatic carbocycles. The van der Waals surface area contributed by atoms with Crippen LogP contribution >= 0.6 is 11.3 Å². The smallest absolute Gasteiger partial charge is 0.340 e. The van der Waals surface area contributed by atoms with Gasteiger partial charge in [0.1, 0.15) is 9.71 Å². The highest BCUT2D eigenvalue weighted by Crippen LogP contribution is 2.43. The molecule has 168 valence electrons. The molecular weight excluding hydrogens is 434 g/mol. The van der Waals surface area contributed by atoms with Crippen LogP contribution in [0.25, 0.3) is 21.3 Å². The van der Waals surface area contributed by atoms with Crippen LogP contribution in [-0.2, 0) is 4.74 Å². The van der Waals surface area contributed by atoms with Crippen LogP contribution in [0.1, 0.15) is 38.2 Å². The van der Waals surface area contributed by atoms with Crippen LogP contribution in [0.15, 0.2) is 54.6 Å². The van der Waals surface area contributed by atoms with Crippen molar-refractivity contribution in [2.24, 2.45) is 0 Å². The van der Waals surface area contributed by atoms with E-state index in [0.717, 1.165) is 11.3 Å². The Kier molecular flexibility index (Phi) is 6.16. The summed E-state index contributed by atoms with van der Waals surface area (Å²) in [5, 5.41) is 0.602. The van der Waals surface area contributed by atoms with Crippen LogP contribution in [0, 0.1) is 6.92 Å². The second-order valence-electron chi connectivity index (χ2n) is 7.83. The Morgan fingerprint density at radius 2 is 1.73 bits per heavy atom. The van der Waals surface area contributed by atoms with Crippen LogP contribution in [0.2, 0.25) is 0 Å². The molecule has 0 radical (unpaired) electrons. The number of nitrogen functional groups attached to an aromatic ring is 1. The molecular formula is C26H25N3O3S. The number of esters is 1. The van der Waals surface area contributed by atoms with Gasteiger partial charge in [0.05, 0.1) is 23.6 Å². The van der Waals surface area contributed by atoms with Gasteiger partial charge in [-0.2, -0.15) is 0 Å². The number of nitrogens with two attached hydrogens (primary N) is 1. The lowest BCUT2D eigenvalue weighted by Gasteiger charge is -2.16. The fourth-order valence-electron chi connectivity index (χ4n) is 3.82. The summed E-state index contributed by atoms with van der Waals surface area (Å²) in [6.45, 7) is 3.78. The van der Waals surface area contributed by atoms with Gasteiger partial charge < -0.3 is 15.4 Å². The summed E-state index contributed by atoms with van der Waals surface area (Å²) in [5.74, 6) is -0.627. The van der Waals surface area contributed by atoms with Crippen molar-refractivity contribution in [3.05, 3.63) is 76.3 Å². The fourth-order valence-corrected chi connectivity index (χ4v) is 4.94. The van der Waals surface area contributed by atoms with Crippen LogP contribution in [-0.4, -0.2) is 37.4 Å². The number of rotatable bonds is 6. The van der Waals surface area contributed by atoms with Gasteiger partial charge in [-0.3, -0.25) is 4.79 Å². The molecule has 7 heteroatoms. The Balaban J connectivity index is 2.01. The van der Waals surface area contributed by atoms with E-state index in [-0.39, 0.29) is 12.4 Å². The monoisotopic (exact) mass is 459 g/mol. The molecule has 2 aromatic carbocycles. The van der Waals surface area contributed by atoms with Gasteiger partial charge >= 0.3 is 5.97 Å². The van der Waals surface area contributed by atoms with Crippen molar-refractivity contribution in [3.8, 4) is 11.1 Å². The SMILES string of the molecule is CCOC(=O)c1c(C)nc2sc(C(=O)c3ccccc3)c(N)c2c1-c1ccc(N(C)C)cc1. The number of anilines is 2. The Hall–Kier alpha value is -3.71. The molecule has 6 nitrogen and oxygen atoms in total. The van der Waals surface area contributed by atoms with Crippen LogP contribution in [0.5, 0.6) is 0 Å². The molecule has 0 saturated heterocycles. The minimum atomic E-state index is -0.461. The molecule has 2 aromatic heterocycles. The third-order valence-electron chi connectivity index (χ3n) is 5.45. The van der Waals surface area contributed by atoms with E-state index in [1.807, 2.05) is 61.5 Å². The Morgan fingerprint density at radius 3 is 2.33 bits per heavy atom. The second-order valence-corrected chi connectivity index (χ2v) is 8.83. The van der Waals surface area contributed by atoms with E-state index in [1.165, 1.54) is 11.3 Å². The van der Waals surface area contributed by atoms with Crippen molar-refractivity contribution in [1.82, 2.24) is 4.98 Å². The highest BCUT2D eigenvalue weighted by molar-refractivity contribution is 7.21. The zero-order valence-corrected chi connectivity index (χ0v) is 19.8. The number of ketones is 1. The molecule has 4 aromatic rings. The van der Waals surface area contributed by atoms with Crippen molar-refractivity contribution >= 4 is 44.7 Å². The second kappa shape index (κ2) is 9.03. The number of aromatic nitrogens is 1. The molecule has 0 aliphatic rings. The minimum Gasteiger partial charge on any atom is -0.462 e. The van der Waals surface area contributed by atoms with E-state index in [9.17, 15) is 9.59 Å². The number of hydrogen-bond acceptors (Lipinski definition) is 7. The summed E-state index contributed by atoms with van der Waals surface area (Å²) in [6.07, 6.45) is 0. The molecule has 0 fully saturated rings. The fraction of sp³-hybridized carbons (Fsp3) is 0.192. The number of ether oxygens (including phenoxy) is 1. The summed E-state index contributed by atoms with van der Waals surface area (Å²) in [6, 6.07) is 16.9. The zero-order chi connectivity index (χ0) is 23.7. The number of aryl methyl sites for hydroxylation is 1. The first-order valence-corrected chi connectivity index (χ1v) is 11.4. The molecule has 4 rings (SSSR count). The maximum atomic E-state index is 13.2. The Labute approximate surface area is 196 Å². The standard InChI is InChI=1S/C26H25N3O3S/c1-5-32-26(31)19-15(2)28-25-21(20(19)16-11-13-18(14-12-16)29(3)4)22(27)24(33-25)23(30)17-9-7-6-8-10-17/h6-14H,5,27H2,1-4H3. The Bertz CT molecular complexity index is 1340. The number of benzene rings is 2. The van der Waals surface area contributed by atoms with Gasteiger partial charge in [-0.05, 0) is 31.5 Å². The van der Waals surface area contributed by atoms with E-state index < -0.39 is 5.97 Å². The number of thiophene rings is 1. The number of fused-ring (bicyclic) bond motifs is 1. The van der Waals surface area contributed by atoms with Crippen molar-refractivity contribution in [3.63, 3.8) is 0 Å².